The molecule has 7 heteroatoms. The third-order valence-electron chi connectivity index (χ3n) is 3.37. The number of aryl methyl sites for hydroxylation is 1. The van der Waals surface area contributed by atoms with Crippen molar-refractivity contribution < 1.29 is 33.4 Å². The van der Waals surface area contributed by atoms with E-state index in [1.807, 2.05) is 0 Å². The summed E-state index contributed by atoms with van der Waals surface area (Å²) in [5, 5.41) is 2.21. The van der Waals surface area contributed by atoms with Crippen molar-refractivity contribution in [3.05, 3.63) is 45.9 Å². The topological polar surface area (TPSA) is 96.1 Å². The second-order valence-electron chi connectivity index (χ2n) is 5.84. The van der Waals surface area contributed by atoms with Crippen LogP contribution in [0, 0.1) is 17.2 Å². The van der Waals surface area contributed by atoms with Crippen molar-refractivity contribution in [1.82, 2.24) is 0 Å². The van der Waals surface area contributed by atoms with Crippen LogP contribution in [0.2, 0.25) is 0 Å². The fraction of sp³-hybridized carbons (Fsp3) is 0.438. The maximum Gasteiger partial charge on any atom is 0.230 e. The average Bonchev–Trinajstić information content (AvgIpc) is 2.81. The molecule has 0 aliphatic heterocycles. The van der Waals surface area contributed by atoms with Crippen LogP contribution in [0.4, 0.5) is 0 Å². The summed E-state index contributed by atoms with van der Waals surface area (Å²) in [5.74, 6) is 1.09. The Bertz CT molecular complexity index is 603. The molecule has 128 valence electrons. The monoisotopic (exact) mass is 359 g/mol. The van der Waals surface area contributed by atoms with Gasteiger partial charge in [-0.05, 0) is 11.8 Å². The van der Waals surface area contributed by atoms with Crippen LogP contribution in [0.15, 0.2) is 29.1 Å². The van der Waals surface area contributed by atoms with Crippen LogP contribution in [-0.2, 0) is 0 Å². The molecule has 0 bridgehead atoms. The van der Waals surface area contributed by atoms with E-state index in [1.54, 1.807) is 11.3 Å². The van der Waals surface area contributed by atoms with Gasteiger partial charge in [0.25, 0.3) is 0 Å². The van der Waals surface area contributed by atoms with Crippen molar-refractivity contribution >= 4 is 11.3 Å². The number of benzene rings is 1. The summed E-state index contributed by atoms with van der Waals surface area (Å²) in [6, 6.07) is 6.71. The molecule has 0 aliphatic carbocycles. The van der Waals surface area contributed by atoms with Crippen molar-refractivity contribution in [2.75, 3.05) is 0 Å². The van der Waals surface area contributed by atoms with E-state index in [2.05, 4.69) is 68.3 Å². The van der Waals surface area contributed by atoms with Crippen LogP contribution in [0.1, 0.15) is 56.4 Å². The molecule has 5 nitrogen and oxygen atoms in total. The highest BCUT2D eigenvalue weighted by Gasteiger charge is 2.23. The van der Waals surface area contributed by atoms with E-state index < -0.39 is 10.2 Å². The van der Waals surface area contributed by atoms with Gasteiger partial charge in [0.2, 0.25) is 11.2 Å². The Morgan fingerprint density at radius 2 is 1.39 bits per heavy atom. The van der Waals surface area contributed by atoms with Crippen LogP contribution in [0.5, 0.6) is 0 Å². The van der Waals surface area contributed by atoms with Gasteiger partial charge in [0.1, 0.15) is 0 Å². The molecule has 0 unspecified atom stereocenters. The van der Waals surface area contributed by atoms with Gasteiger partial charge < -0.3 is 0 Å². The fourth-order valence-electron chi connectivity index (χ4n) is 2.35. The molecule has 2 aromatic rings. The molecule has 0 saturated heterocycles. The zero-order valence-corrected chi connectivity index (χ0v) is 15.5. The quantitative estimate of drug-likeness (QED) is 0.710. The van der Waals surface area contributed by atoms with Gasteiger partial charge in [0.15, 0.2) is 5.69 Å². The van der Waals surface area contributed by atoms with Crippen molar-refractivity contribution in [3.8, 4) is 5.69 Å². The maximum atomic E-state index is 8.49. The van der Waals surface area contributed by atoms with E-state index in [0.717, 1.165) is 0 Å². The normalized spacial score (nSPS) is 11.6. The van der Waals surface area contributed by atoms with Crippen LogP contribution in [0.25, 0.3) is 5.69 Å². The average molecular weight is 360 g/mol. The van der Waals surface area contributed by atoms with Gasteiger partial charge in [-0.15, -0.1) is 10.2 Å². The summed E-state index contributed by atoms with van der Waals surface area (Å²) in [7, 11) is -4.94. The number of thiazole rings is 1. The lowest BCUT2D eigenvalue weighted by Crippen LogP contribution is -2.68. The number of rotatable bonds is 3. The summed E-state index contributed by atoms with van der Waals surface area (Å²) in [5.41, 5.74) is 7.79. The van der Waals surface area contributed by atoms with E-state index in [9.17, 15) is 0 Å². The summed E-state index contributed by atoms with van der Waals surface area (Å²) in [6.07, 6.45) is 0. The smallest absolute Gasteiger partial charge is 0.222 e. The Kier molecular flexibility index (Phi) is 7.13. The fourth-order valence-corrected chi connectivity index (χ4v) is 3.11. The Balaban J connectivity index is 0.000000463. The molecule has 0 saturated carbocycles. The van der Waals surface area contributed by atoms with Crippen molar-refractivity contribution in [2.45, 2.75) is 46.5 Å². The van der Waals surface area contributed by atoms with Gasteiger partial charge in [-0.2, -0.15) is 4.57 Å². The second-order valence-corrected chi connectivity index (χ2v) is 7.32. The third kappa shape index (κ3) is 6.18. The zero-order valence-electron chi connectivity index (χ0n) is 13.9. The predicted octanol–water partition coefficient (Wildman–Crippen LogP) is -0.176. The minimum absolute atomic E-state index is 0.547. The maximum absolute atomic E-state index is 8.49. The highest BCUT2D eigenvalue weighted by molar-refractivity contribution is 7.07. The summed E-state index contributed by atoms with van der Waals surface area (Å²) in [6.45, 7) is 11.3. The SMILES string of the molecule is Cc1csc[n+]1-c1c(C(C)C)cccc1C(C)C.[O-][Cl+3]([O-])([O-])[O-]. The number of para-hydroxylation sites is 1. The molecule has 1 heterocycles. The van der Waals surface area contributed by atoms with E-state index in [1.165, 1.54) is 22.5 Å². The van der Waals surface area contributed by atoms with Crippen molar-refractivity contribution in [1.29, 1.82) is 0 Å². The highest BCUT2D eigenvalue weighted by Crippen LogP contribution is 2.28. The molecular formula is C16H22ClNO4S. The molecule has 0 fully saturated rings. The first kappa shape index (κ1) is 20.0. The van der Waals surface area contributed by atoms with E-state index in [4.69, 9.17) is 18.6 Å². The van der Waals surface area contributed by atoms with E-state index >= 15 is 0 Å². The largest absolute Gasteiger partial charge is 0.230 e. The lowest BCUT2D eigenvalue weighted by Gasteiger charge is -2.17. The lowest BCUT2D eigenvalue weighted by molar-refractivity contribution is -2.00. The summed E-state index contributed by atoms with van der Waals surface area (Å²) < 4.78 is 36.3. The number of hydrogen-bond donors (Lipinski definition) is 0. The Morgan fingerprint density at radius 3 is 1.70 bits per heavy atom. The first-order valence-corrected chi connectivity index (χ1v) is 9.39. The lowest BCUT2D eigenvalue weighted by atomic mass is 9.92. The first-order valence-electron chi connectivity index (χ1n) is 7.21. The van der Waals surface area contributed by atoms with Gasteiger partial charge in [0, 0.05) is 18.1 Å². The van der Waals surface area contributed by atoms with Gasteiger partial charge in [-0.3, -0.25) is 0 Å². The number of hydrogen-bond acceptors (Lipinski definition) is 5. The van der Waals surface area contributed by atoms with Crippen molar-refractivity contribution in [2.24, 2.45) is 0 Å². The van der Waals surface area contributed by atoms with Crippen LogP contribution < -0.4 is 23.2 Å². The van der Waals surface area contributed by atoms with Crippen LogP contribution in [0.3, 0.4) is 0 Å². The number of nitrogens with zero attached hydrogens (tertiary/aromatic N) is 1. The Hall–Kier alpha value is -1.02. The molecule has 0 radical (unpaired) electrons. The van der Waals surface area contributed by atoms with E-state index in [0.29, 0.717) is 11.8 Å². The zero-order chi connectivity index (χ0) is 17.8. The molecular weight excluding hydrogens is 338 g/mol. The van der Waals surface area contributed by atoms with Gasteiger partial charge in [-0.25, -0.2) is 18.6 Å². The molecule has 0 amide bonds. The Labute approximate surface area is 143 Å². The molecule has 23 heavy (non-hydrogen) atoms. The summed E-state index contributed by atoms with van der Waals surface area (Å²) in [4.78, 5) is 0. The third-order valence-corrected chi connectivity index (χ3v) is 4.18. The first-order chi connectivity index (χ1) is 10.5. The van der Waals surface area contributed by atoms with Gasteiger partial charge in [-0.1, -0.05) is 57.2 Å². The molecule has 2 rings (SSSR count). The molecule has 1 aromatic heterocycles. The van der Waals surface area contributed by atoms with Gasteiger partial charge in [0.05, 0.1) is 5.38 Å². The summed E-state index contributed by atoms with van der Waals surface area (Å²) >= 11 is 1.76. The van der Waals surface area contributed by atoms with E-state index in [-0.39, 0.29) is 0 Å². The molecule has 1 aromatic carbocycles. The van der Waals surface area contributed by atoms with Crippen LogP contribution >= 0.6 is 11.3 Å². The van der Waals surface area contributed by atoms with Gasteiger partial charge >= 0.3 is 0 Å². The Morgan fingerprint density at radius 1 is 0.957 bits per heavy atom. The molecule has 0 spiro atoms. The standard InChI is InChI=1S/C16H22NS.ClHO4/c1-11(2)14-7-6-8-15(12(3)4)16(14)17-10-18-9-13(17)5;2-1(3,4)5/h6-12H,1-5H3;(H,2,3,4,5)/q+1;/p-1. The second kappa shape index (κ2) is 8.19. The van der Waals surface area contributed by atoms with Crippen LogP contribution in [-0.4, -0.2) is 0 Å². The minimum Gasteiger partial charge on any atom is -0.222 e. The molecule has 0 aliphatic rings. The number of halogens is 1. The number of aromatic nitrogens is 1. The molecule has 0 N–H and O–H groups in total. The predicted molar refractivity (Wildman–Crippen MR) is 78.8 cm³/mol. The minimum atomic E-state index is -4.94. The highest BCUT2D eigenvalue weighted by atomic mass is 35.7. The molecule has 0 atom stereocenters. The van der Waals surface area contributed by atoms with Crippen molar-refractivity contribution in [3.63, 3.8) is 0 Å².